The van der Waals surface area contributed by atoms with Crippen molar-refractivity contribution in [2.24, 2.45) is 0 Å². The number of benzene rings is 1. The molecule has 0 bridgehead atoms. The Labute approximate surface area is 94.6 Å². The predicted octanol–water partition coefficient (Wildman–Crippen LogP) is 3.25. The molecule has 1 aromatic carbocycles. The molecule has 0 saturated carbocycles. The maximum Gasteiger partial charge on any atom is 0.145 e. The van der Waals surface area contributed by atoms with Gasteiger partial charge in [-0.2, -0.15) is 0 Å². The molecule has 1 saturated heterocycles. The van der Waals surface area contributed by atoms with Crippen LogP contribution in [0.5, 0.6) is 0 Å². The minimum absolute atomic E-state index is 0.240. The largest absolute Gasteiger partial charge is 0.316 e. The van der Waals surface area contributed by atoms with E-state index in [0.29, 0.717) is 0 Å². The lowest BCUT2D eigenvalue weighted by Gasteiger charge is -2.24. The van der Waals surface area contributed by atoms with Crippen molar-refractivity contribution in [3.63, 3.8) is 0 Å². The fourth-order valence-electron chi connectivity index (χ4n) is 2.17. The van der Waals surface area contributed by atoms with E-state index in [9.17, 15) is 4.39 Å². The number of rotatable bonds is 1. The lowest BCUT2D eigenvalue weighted by atomic mass is 9.90. The average molecular weight is 228 g/mol. The molecule has 0 spiro atoms. The zero-order valence-electron chi connectivity index (χ0n) is 8.82. The van der Waals surface area contributed by atoms with Gasteiger partial charge >= 0.3 is 0 Å². The van der Waals surface area contributed by atoms with E-state index in [1.54, 1.807) is 6.07 Å². The highest BCUT2D eigenvalue weighted by Crippen LogP contribution is 2.30. The Bertz CT molecular complexity index is 359. The van der Waals surface area contributed by atoms with Crippen LogP contribution in [0.1, 0.15) is 29.9 Å². The van der Waals surface area contributed by atoms with Crippen molar-refractivity contribution in [2.75, 3.05) is 13.1 Å². The average Bonchev–Trinajstić information content (AvgIpc) is 2.24. The van der Waals surface area contributed by atoms with Crippen LogP contribution in [0.4, 0.5) is 4.39 Å². The van der Waals surface area contributed by atoms with Gasteiger partial charge in [-0.15, -0.1) is 0 Å². The van der Waals surface area contributed by atoms with E-state index in [2.05, 4.69) is 5.32 Å². The first-order valence-electron chi connectivity index (χ1n) is 5.34. The summed E-state index contributed by atoms with van der Waals surface area (Å²) in [6.45, 7) is 3.85. The van der Waals surface area contributed by atoms with E-state index >= 15 is 0 Å². The first-order valence-corrected chi connectivity index (χ1v) is 5.72. The molecular formula is C12H15ClFN. The molecule has 15 heavy (non-hydrogen) atoms. The van der Waals surface area contributed by atoms with Crippen LogP contribution in [0, 0.1) is 12.7 Å². The second-order valence-electron chi connectivity index (χ2n) is 4.19. The molecule has 0 radical (unpaired) electrons. The second-order valence-corrected chi connectivity index (χ2v) is 4.60. The molecule has 82 valence electrons. The minimum Gasteiger partial charge on any atom is -0.316 e. The lowest BCUT2D eigenvalue weighted by Crippen LogP contribution is -2.28. The van der Waals surface area contributed by atoms with E-state index in [1.165, 1.54) is 0 Å². The highest BCUT2D eigenvalue weighted by Gasteiger charge is 2.20. The van der Waals surface area contributed by atoms with Gasteiger partial charge < -0.3 is 5.32 Å². The van der Waals surface area contributed by atoms with Gasteiger partial charge in [0.05, 0.1) is 5.02 Å². The maximum atomic E-state index is 13.8. The summed E-state index contributed by atoms with van der Waals surface area (Å²) in [5, 5.41) is 3.54. The first-order chi connectivity index (χ1) is 7.18. The van der Waals surface area contributed by atoms with Crippen LogP contribution in [0.2, 0.25) is 5.02 Å². The first kappa shape index (κ1) is 10.9. The van der Waals surface area contributed by atoms with Gasteiger partial charge in [0, 0.05) is 6.54 Å². The molecule has 2 rings (SSSR count). The van der Waals surface area contributed by atoms with Crippen LogP contribution in [0.3, 0.4) is 0 Å². The molecule has 1 unspecified atom stereocenters. The summed E-state index contributed by atoms with van der Waals surface area (Å²) in [5.41, 5.74) is 1.80. The highest BCUT2D eigenvalue weighted by atomic mass is 35.5. The fourth-order valence-corrected chi connectivity index (χ4v) is 2.45. The molecule has 1 nitrogen and oxygen atoms in total. The summed E-state index contributed by atoms with van der Waals surface area (Å²) in [7, 11) is 0. The Morgan fingerprint density at radius 1 is 1.47 bits per heavy atom. The SMILES string of the molecule is Cc1cc(Cl)c(F)c(C2CCCNC2)c1. The molecular weight excluding hydrogens is 213 g/mol. The van der Waals surface area contributed by atoms with Gasteiger partial charge in [-0.25, -0.2) is 4.39 Å². The van der Waals surface area contributed by atoms with Crippen LogP contribution in [-0.2, 0) is 0 Å². The highest BCUT2D eigenvalue weighted by molar-refractivity contribution is 6.30. The summed E-state index contributed by atoms with van der Waals surface area (Å²) in [5.74, 6) is 0.0344. The van der Waals surface area contributed by atoms with Crippen LogP contribution >= 0.6 is 11.6 Å². The van der Waals surface area contributed by atoms with Gasteiger partial charge in [0.15, 0.2) is 0 Å². The van der Waals surface area contributed by atoms with Crippen molar-refractivity contribution in [1.29, 1.82) is 0 Å². The van der Waals surface area contributed by atoms with Crippen LogP contribution in [0.25, 0.3) is 0 Å². The Balaban J connectivity index is 2.33. The quantitative estimate of drug-likeness (QED) is 0.777. The van der Waals surface area contributed by atoms with E-state index in [0.717, 1.165) is 37.1 Å². The van der Waals surface area contributed by atoms with Crippen molar-refractivity contribution in [2.45, 2.75) is 25.7 Å². The minimum atomic E-state index is -0.240. The molecule has 1 heterocycles. The number of hydrogen-bond acceptors (Lipinski definition) is 1. The van der Waals surface area contributed by atoms with Gasteiger partial charge in [-0.05, 0) is 49.4 Å². The molecule has 0 aliphatic carbocycles. The standard InChI is InChI=1S/C12H15ClFN/c1-8-5-10(12(14)11(13)6-8)9-3-2-4-15-7-9/h5-6,9,15H,2-4,7H2,1H3. The predicted molar refractivity (Wildman–Crippen MR) is 61.0 cm³/mol. The molecule has 1 aliphatic heterocycles. The zero-order valence-corrected chi connectivity index (χ0v) is 9.57. The van der Waals surface area contributed by atoms with Crippen LogP contribution in [0.15, 0.2) is 12.1 Å². The molecule has 3 heteroatoms. The summed E-state index contributed by atoms with van der Waals surface area (Å²) in [6, 6.07) is 3.59. The van der Waals surface area contributed by atoms with Crippen LogP contribution in [-0.4, -0.2) is 13.1 Å². The van der Waals surface area contributed by atoms with Crippen molar-refractivity contribution >= 4 is 11.6 Å². The van der Waals surface area contributed by atoms with Crippen molar-refractivity contribution in [1.82, 2.24) is 5.32 Å². The Kier molecular flexibility index (Phi) is 3.27. The maximum absolute atomic E-state index is 13.8. The van der Waals surface area contributed by atoms with E-state index in [4.69, 9.17) is 11.6 Å². The van der Waals surface area contributed by atoms with Gasteiger partial charge in [0.25, 0.3) is 0 Å². The zero-order chi connectivity index (χ0) is 10.8. The van der Waals surface area contributed by atoms with E-state index in [-0.39, 0.29) is 16.8 Å². The number of nitrogens with one attached hydrogen (secondary N) is 1. The second kappa shape index (κ2) is 4.50. The smallest absolute Gasteiger partial charge is 0.145 e. The Morgan fingerprint density at radius 3 is 2.93 bits per heavy atom. The number of aryl methyl sites for hydroxylation is 1. The molecule has 1 atom stereocenters. The Morgan fingerprint density at radius 2 is 2.27 bits per heavy atom. The molecule has 1 fully saturated rings. The Hall–Kier alpha value is -0.600. The van der Waals surface area contributed by atoms with Gasteiger partial charge in [-0.3, -0.25) is 0 Å². The van der Waals surface area contributed by atoms with Crippen molar-refractivity contribution in [3.05, 3.63) is 34.1 Å². The summed E-state index contributed by atoms with van der Waals surface area (Å²) in [4.78, 5) is 0. The fraction of sp³-hybridized carbons (Fsp3) is 0.500. The third kappa shape index (κ3) is 2.32. The lowest BCUT2D eigenvalue weighted by molar-refractivity contribution is 0.446. The van der Waals surface area contributed by atoms with Crippen molar-refractivity contribution in [3.8, 4) is 0 Å². The van der Waals surface area contributed by atoms with Crippen molar-refractivity contribution < 1.29 is 4.39 Å². The number of halogens is 2. The topological polar surface area (TPSA) is 12.0 Å². The van der Waals surface area contributed by atoms with Gasteiger partial charge in [-0.1, -0.05) is 17.7 Å². The van der Waals surface area contributed by atoms with E-state index < -0.39 is 0 Å². The summed E-state index contributed by atoms with van der Waals surface area (Å²) < 4.78 is 13.8. The normalized spacial score (nSPS) is 21.7. The molecule has 0 aromatic heterocycles. The molecule has 0 amide bonds. The number of piperidine rings is 1. The van der Waals surface area contributed by atoms with E-state index in [1.807, 2.05) is 13.0 Å². The van der Waals surface area contributed by atoms with Crippen LogP contribution < -0.4 is 5.32 Å². The monoisotopic (exact) mass is 227 g/mol. The number of hydrogen-bond donors (Lipinski definition) is 1. The third-order valence-electron chi connectivity index (χ3n) is 2.94. The van der Waals surface area contributed by atoms with Gasteiger partial charge in [0.2, 0.25) is 0 Å². The molecule has 1 aliphatic rings. The molecule has 1 N–H and O–H groups in total. The van der Waals surface area contributed by atoms with Gasteiger partial charge in [0.1, 0.15) is 5.82 Å². The summed E-state index contributed by atoms with van der Waals surface area (Å²) in [6.07, 6.45) is 2.15. The summed E-state index contributed by atoms with van der Waals surface area (Å²) >= 11 is 5.84. The third-order valence-corrected chi connectivity index (χ3v) is 3.21. The molecule has 1 aromatic rings.